The van der Waals surface area contributed by atoms with Gasteiger partial charge in [0.2, 0.25) is 10.0 Å². The summed E-state index contributed by atoms with van der Waals surface area (Å²) in [6, 6.07) is 4.66. The first-order chi connectivity index (χ1) is 8.43. The van der Waals surface area contributed by atoms with Crippen molar-refractivity contribution in [3.63, 3.8) is 0 Å². The fourth-order valence-electron chi connectivity index (χ4n) is 1.62. The van der Waals surface area contributed by atoms with Gasteiger partial charge >= 0.3 is 0 Å². The van der Waals surface area contributed by atoms with Crippen LogP contribution in [0, 0.1) is 6.92 Å². The molecule has 102 valence electrons. The molecule has 0 saturated heterocycles. The van der Waals surface area contributed by atoms with Crippen molar-refractivity contribution in [3.8, 4) is 0 Å². The van der Waals surface area contributed by atoms with Crippen molar-refractivity contribution < 1.29 is 18.6 Å². The molecular formula is C11H18N2O4S. The standard InChI is InChI=1S/C11H18N2O4S/c1-9-2-3-11(10(12)8-9)18(16,17)13(4-6-14)5-7-15/h2-3,8,14-15H,4-7,12H2,1H3. The Balaban J connectivity index is 3.17. The first-order valence-electron chi connectivity index (χ1n) is 5.51. The summed E-state index contributed by atoms with van der Waals surface area (Å²) in [6.07, 6.45) is 0. The number of hydrogen-bond donors (Lipinski definition) is 3. The van der Waals surface area contributed by atoms with Crippen molar-refractivity contribution in [2.45, 2.75) is 11.8 Å². The van der Waals surface area contributed by atoms with Gasteiger partial charge in [-0.05, 0) is 24.6 Å². The molecule has 0 fully saturated rings. The van der Waals surface area contributed by atoms with Crippen molar-refractivity contribution in [2.24, 2.45) is 0 Å². The first-order valence-corrected chi connectivity index (χ1v) is 6.95. The Hall–Kier alpha value is -1.15. The van der Waals surface area contributed by atoms with Gasteiger partial charge in [0.25, 0.3) is 0 Å². The van der Waals surface area contributed by atoms with Gasteiger partial charge in [-0.25, -0.2) is 8.42 Å². The number of aryl methyl sites for hydroxylation is 1. The highest BCUT2D eigenvalue weighted by atomic mass is 32.2. The molecular weight excluding hydrogens is 256 g/mol. The van der Waals surface area contributed by atoms with Crippen molar-refractivity contribution in [1.82, 2.24) is 4.31 Å². The number of nitrogens with zero attached hydrogens (tertiary/aromatic N) is 1. The maximum atomic E-state index is 12.3. The highest BCUT2D eigenvalue weighted by Crippen LogP contribution is 2.23. The summed E-state index contributed by atoms with van der Waals surface area (Å²) in [5.74, 6) is 0. The second-order valence-corrected chi connectivity index (χ2v) is 5.80. The smallest absolute Gasteiger partial charge is 0.245 e. The van der Waals surface area contributed by atoms with Crippen LogP contribution in [0.1, 0.15) is 5.56 Å². The van der Waals surface area contributed by atoms with E-state index in [1.807, 2.05) is 6.92 Å². The molecule has 0 spiro atoms. The van der Waals surface area contributed by atoms with Crippen LogP contribution in [0.15, 0.2) is 23.1 Å². The Bertz CT molecular complexity index is 496. The summed E-state index contributed by atoms with van der Waals surface area (Å²) in [5, 5.41) is 17.7. The van der Waals surface area contributed by atoms with E-state index in [4.69, 9.17) is 15.9 Å². The summed E-state index contributed by atoms with van der Waals surface area (Å²) in [7, 11) is -3.78. The second kappa shape index (κ2) is 6.14. The number of anilines is 1. The largest absolute Gasteiger partial charge is 0.398 e. The van der Waals surface area contributed by atoms with Gasteiger partial charge in [0.1, 0.15) is 4.90 Å². The molecule has 0 heterocycles. The monoisotopic (exact) mass is 274 g/mol. The zero-order valence-electron chi connectivity index (χ0n) is 10.2. The summed E-state index contributed by atoms with van der Waals surface area (Å²) in [5.41, 5.74) is 6.73. The van der Waals surface area contributed by atoms with Gasteiger partial charge in [0.15, 0.2) is 0 Å². The van der Waals surface area contributed by atoms with Crippen molar-refractivity contribution >= 4 is 15.7 Å². The predicted octanol–water partition coefficient (Wildman–Crippen LogP) is -0.447. The van der Waals surface area contributed by atoms with E-state index in [2.05, 4.69) is 0 Å². The van der Waals surface area contributed by atoms with E-state index >= 15 is 0 Å². The van der Waals surface area contributed by atoms with E-state index in [0.717, 1.165) is 9.87 Å². The van der Waals surface area contributed by atoms with Crippen LogP contribution in [-0.2, 0) is 10.0 Å². The summed E-state index contributed by atoms with van der Waals surface area (Å²) in [6.45, 7) is 1.04. The Morgan fingerprint density at radius 2 is 1.78 bits per heavy atom. The third-order valence-electron chi connectivity index (χ3n) is 2.48. The van der Waals surface area contributed by atoms with E-state index in [1.54, 1.807) is 12.1 Å². The molecule has 1 aromatic rings. The zero-order chi connectivity index (χ0) is 13.8. The number of sulfonamides is 1. The topological polar surface area (TPSA) is 104 Å². The van der Waals surface area contributed by atoms with Crippen molar-refractivity contribution in [1.29, 1.82) is 0 Å². The third kappa shape index (κ3) is 3.20. The predicted molar refractivity (Wildman–Crippen MR) is 68.5 cm³/mol. The molecule has 0 radical (unpaired) electrons. The lowest BCUT2D eigenvalue weighted by atomic mass is 10.2. The average Bonchev–Trinajstić information content (AvgIpc) is 2.28. The molecule has 0 bridgehead atoms. The van der Waals surface area contributed by atoms with Crippen molar-refractivity contribution in [3.05, 3.63) is 23.8 Å². The molecule has 7 heteroatoms. The van der Waals surface area contributed by atoms with Gasteiger partial charge in [-0.15, -0.1) is 0 Å². The average molecular weight is 274 g/mol. The molecule has 1 rings (SSSR count). The van der Waals surface area contributed by atoms with E-state index < -0.39 is 10.0 Å². The molecule has 18 heavy (non-hydrogen) atoms. The van der Waals surface area contributed by atoms with Crippen LogP contribution in [0.2, 0.25) is 0 Å². The number of rotatable bonds is 6. The number of aliphatic hydroxyl groups excluding tert-OH is 2. The van der Waals surface area contributed by atoms with Gasteiger partial charge in [-0.2, -0.15) is 4.31 Å². The van der Waals surface area contributed by atoms with Crippen LogP contribution >= 0.6 is 0 Å². The fourth-order valence-corrected chi connectivity index (χ4v) is 3.14. The lowest BCUT2D eigenvalue weighted by molar-refractivity contribution is 0.217. The lowest BCUT2D eigenvalue weighted by Crippen LogP contribution is -2.36. The number of aliphatic hydroxyl groups is 2. The quantitative estimate of drug-likeness (QED) is 0.610. The van der Waals surface area contributed by atoms with Gasteiger partial charge in [-0.3, -0.25) is 0 Å². The normalized spacial score (nSPS) is 12.0. The van der Waals surface area contributed by atoms with Crippen LogP contribution in [0.25, 0.3) is 0 Å². The van der Waals surface area contributed by atoms with Crippen LogP contribution in [0.3, 0.4) is 0 Å². The van der Waals surface area contributed by atoms with Gasteiger partial charge in [-0.1, -0.05) is 6.07 Å². The SMILES string of the molecule is Cc1ccc(S(=O)(=O)N(CCO)CCO)c(N)c1. The third-order valence-corrected chi connectivity index (χ3v) is 4.45. The van der Waals surface area contributed by atoms with E-state index in [1.165, 1.54) is 6.07 Å². The molecule has 0 amide bonds. The highest BCUT2D eigenvalue weighted by molar-refractivity contribution is 7.89. The molecule has 4 N–H and O–H groups in total. The molecule has 0 aliphatic carbocycles. The van der Waals surface area contributed by atoms with Crippen LogP contribution in [0.4, 0.5) is 5.69 Å². The summed E-state index contributed by atoms with van der Waals surface area (Å²) < 4.78 is 25.5. The fraction of sp³-hybridized carbons (Fsp3) is 0.455. The number of hydrogen-bond acceptors (Lipinski definition) is 5. The van der Waals surface area contributed by atoms with Crippen molar-refractivity contribution in [2.75, 3.05) is 32.0 Å². The maximum absolute atomic E-state index is 12.3. The van der Waals surface area contributed by atoms with Gasteiger partial charge in [0, 0.05) is 13.1 Å². The Labute approximate surface area is 107 Å². The minimum absolute atomic E-state index is 0.00463. The highest BCUT2D eigenvalue weighted by Gasteiger charge is 2.25. The van der Waals surface area contributed by atoms with Crippen LogP contribution in [0.5, 0.6) is 0 Å². The summed E-state index contributed by atoms with van der Waals surface area (Å²) in [4.78, 5) is -0.00463. The van der Waals surface area contributed by atoms with E-state index in [9.17, 15) is 8.42 Å². The number of nitrogen functional groups attached to an aromatic ring is 1. The Kier molecular flexibility index (Phi) is 5.09. The van der Waals surface area contributed by atoms with Crippen LogP contribution < -0.4 is 5.73 Å². The van der Waals surface area contributed by atoms with Crippen LogP contribution in [-0.4, -0.2) is 49.2 Å². The first kappa shape index (κ1) is 14.9. The minimum Gasteiger partial charge on any atom is -0.398 e. The van der Waals surface area contributed by atoms with E-state index in [-0.39, 0.29) is 36.9 Å². The minimum atomic E-state index is -3.78. The molecule has 0 atom stereocenters. The molecule has 0 unspecified atom stereocenters. The molecule has 0 aliphatic heterocycles. The van der Waals surface area contributed by atoms with Gasteiger partial charge < -0.3 is 15.9 Å². The second-order valence-electron chi connectivity index (χ2n) is 3.89. The Morgan fingerprint density at radius 3 is 2.22 bits per heavy atom. The zero-order valence-corrected chi connectivity index (χ0v) is 11.0. The maximum Gasteiger partial charge on any atom is 0.245 e. The summed E-state index contributed by atoms with van der Waals surface area (Å²) >= 11 is 0. The Morgan fingerprint density at radius 1 is 1.22 bits per heavy atom. The molecule has 6 nitrogen and oxygen atoms in total. The molecule has 0 aromatic heterocycles. The lowest BCUT2D eigenvalue weighted by Gasteiger charge is -2.21. The molecule has 1 aromatic carbocycles. The van der Waals surface area contributed by atoms with E-state index in [0.29, 0.717) is 0 Å². The number of benzene rings is 1. The molecule has 0 saturated carbocycles. The molecule has 0 aliphatic rings. The number of nitrogens with two attached hydrogens (primary N) is 1. The van der Waals surface area contributed by atoms with Gasteiger partial charge in [0.05, 0.1) is 18.9 Å².